The van der Waals surface area contributed by atoms with E-state index in [1.165, 1.54) is 19.3 Å². The zero-order valence-electron chi connectivity index (χ0n) is 11.8. The molecule has 2 N–H and O–H groups in total. The van der Waals surface area contributed by atoms with Crippen LogP contribution in [0.5, 0.6) is 0 Å². The smallest absolute Gasteiger partial charge is 0.269 e. The summed E-state index contributed by atoms with van der Waals surface area (Å²) >= 11 is 0. The van der Waals surface area contributed by atoms with Crippen molar-refractivity contribution in [1.29, 1.82) is 0 Å². The normalized spacial score (nSPS) is 16.5. The fourth-order valence-electron chi connectivity index (χ4n) is 2.53. The summed E-state index contributed by atoms with van der Waals surface area (Å²) in [7, 11) is 0. The van der Waals surface area contributed by atoms with E-state index in [1.807, 2.05) is 19.1 Å². The number of aromatic nitrogens is 1. The average Bonchev–Trinajstić information content (AvgIpc) is 2.38. The number of carbonyl (C=O) groups is 1. The largest absolute Gasteiger partial charge is 0.370 e. The van der Waals surface area contributed by atoms with Crippen molar-refractivity contribution < 1.29 is 4.79 Å². The number of pyridine rings is 1. The molecule has 0 aliphatic heterocycles. The standard InChI is InChI=1S/C15H23N3O/c1-3-15(9-6-10-15)11-17-14(19)12-7-5-8-13(18-12)16-4-2/h5,7-8H,3-4,6,9-11H2,1-2H3,(H,16,18)(H,17,19). The number of anilines is 1. The Morgan fingerprint density at radius 3 is 2.74 bits per heavy atom. The number of amides is 1. The van der Waals surface area contributed by atoms with Crippen molar-refractivity contribution in [3.63, 3.8) is 0 Å². The summed E-state index contributed by atoms with van der Waals surface area (Å²) in [5.41, 5.74) is 0.832. The third-order valence-corrected chi connectivity index (χ3v) is 4.13. The maximum atomic E-state index is 12.1. The molecule has 1 aromatic heterocycles. The Labute approximate surface area is 115 Å². The van der Waals surface area contributed by atoms with E-state index in [4.69, 9.17) is 0 Å². The molecule has 1 saturated carbocycles. The molecule has 1 heterocycles. The Balaban J connectivity index is 1.94. The number of nitrogens with one attached hydrogen (secondary N) is 2. The van der Waals surface area contributed by atoms with Crippen molar-refractivity contribution in [2.24, 2.45) is 5.41 Å². The van der Waals surface area contributed by atoms with Gasteiger partial charge in [-0.05, 0) is 43.7 Å². The fourth-order valence-corrected chi connectivity index (χ4v) is 2.53. The van der Waals surface area contributed by atoms with E-state index in [0.717, 1.165) is 25.3 Å². The van der Waals surface area contributed by atoms with Crippen LogP contribution in [0, 0.1) is 5.41 Å². The molecule has 1 fully saturated rings. The number of hydrogen-bond acceptors (Lipinski definition) is 3. The topological polar surface area (TPSA) is 54.0 Å². The number of nitrogens with zero attached hydrogens (tertiary/aromatic N) is 1. The molecule has 0 atom stereocenters. The van der Waals surface area contributed by atoms with Crippen molar-refractivity contribution in [3.05, 3.63) is 23.9 Å². The lowest BCUT2D eigenvalue weighted by molar-refractivity contribution is 0.0845. The van der Waals surface area contributed by atoms with Gasteiger partial charge in [-0.1, -0.05) is 19.4 Å². The maximum Gasteiger partial charge on any atom is 0.269 e. The predicted molar refractivity (Wildman–Crippen MR) is 77.3 cm³/mol. The highest BCUT2D eigenvalue weighted by atomic mass is 16.1. The molecule has 0 radical (unpaired) electrons. The van der Waals surface area contributed by atoms with E-state index >= 15 is 0 Å². The minimum Gasteiger partial charge on any atom is -0.370 e. The molecule has 4 nitrogen and oxygen atoms in total. The minimum absolute atomic E-state index is 0.0699. The second-order valence-corrected chi connectivity index (χ2v) is 5.33. The average molecular weight is 261 g/mol. The van der Waals surface area contributed by atoms with Gasteiger partial charge in [-0.3, -0.25) is 4.79 Å². The third kappa shape index (κ3) is 3.25. The molecule has 0 bridgehead atoms. The summed E-state index contributed by atoms with van der Waals surface area (Å²) < 4.78 is 0. The molecular weight excluding hydrogens is 238 g/mol. The van der Waals surface area contributed by atoms with Crippen molar-refractivity contribution in [2.45, 2.75) is 39.5 Å². The fraction of sp³-hybridized carbons (Fsp3) is 0.600. The monoisotopic (exact) mass is 261 g/mol. The Hall–Kier alpha value is -1.58. The molecule has 104 valence electrons. The van der Waals surface area contributed by atoms with Crippen LogP contribution in [-0.4, -0.2) is 24.0 Å². The molecule has 0 unspecified atom stereocenters. The molecule has 1 aliphatic carbocycles. The van der Waals surface area contributed by atoms with Gasteiger partial charge < -0.3 is 10.6 Å². The van der Waals surface area contributed by atoms with Crippen LogP contribution in [-0.2, 0) is 0 Å². The molecule has 1 aliphatic rings. The van der Waals surface area contributed by atoms with Gasteiger partial charge in [-0.2, -0.15) is 0 Å². The van der Waals surface area contributed by atoms with Crippen LogP contribution < -0.4 is 10.6 Å². The van der Waals surface area contributed by atoms with Gasteiger partial charge in [0.05, 0.1) is 0 Å². The summed E-state index contributed by atoms with van der Waals surface area (Å²) in [5, 5.41) is 6.15. The quantitative estimate of drug-likeness (QED) is 0.828. The Morgan fingerprint density at radius 1 is 1.37 bits per heavy atom. The molecule has 1 amide bonds. The van der Waals surface area contributed by atoms with Crippen LogP contribution in [0.4, 0.5) is 5.82 Å². The highest BCUT2D eigenvalue weighted by Gasteiger charge is 2.35. The van der Waals surface area contributed by atoms with Gasteiger partial charge in [0.2, 0.25) is 0 Å². The SMILES string of the molecule is CCNc1cccc(C(=O)NCC2(CC)CCC2)n1. The Bertz CT molecular complexity index is 435. The van der Waals surface area contributed by atoms with Crippen LogP contribution in [0.2, 0.25) is 0 Å². The highest BCUT2D eigenvalue weighted by Crippen LogP contribution is 2.43. The molecule has 0 aromatic carbocycles. The third-order valence-electron chi connectivity index (χ3n) is 4.13. The van der Waals surface area contributed by atoms with Crippen LogP contribution in [0.15, 0.2) is 18.2 Å². The van der Waals surface area contributed by atoms with E-state index in [2.05, 4.69) is 22.5 Å². The second kappa shape index (κ2) is 6.04. The molecular formula is C15H23N3O. The zero-order valence-corrected chi connectivity index (χ0v) is 11.8. The first kappa shape index (κ1) is 13.8. The highest BCUT2D eigenvalue weighted by molar-refractivity contribution is 5.92. The van der Waals surface area contributed by atoms with E-state index in [0.29, 0.717) is 11.1 Å². The second-order valence-electron chi connectivity index (χ2n) is 5.33. The van der Waals surface area contributed by atoms with Crippen LogP contribution >= 0.6 is 0 Å². The minimum atomic E-state index is -0.0699. The number of hydrogen-bond donors (Lipinski definition) is 2. The van der Waals surface area contributed by atoms with Crippen molar-refractivity contribution in [3.8, 4) is 0 Å². The lowest BCUT2D eigenvalue weighted by atomic mass is 9.67. The van der Waals surface area contributed by atoms with Crippen LogP contribution in [0.3, 0.4) is 0 Å². The van der Waals surface area contributed by atoms with Gasteiger partial charge in [0.15, 0.2) is 0 Å². The first-order chi connectivity index (χ1) is 9.19. The molecule has 2 rings (SSSR count). The van der Waals surface area contributed by atoms with Crippen LogP contribution in [0.1, 0.15) is 50.0 Å². The molecule has 1 aromatic rings. The van der Waals surface area contributed by atoms with Gasteiger partial charge in [-0.15, -0.1) is 0 Å². The van der Waals surface area contributed by atoms with E-state index in [1.54, 1.807) is 6.07 Å². The van der Waals surface area contributed by atoms with Crippen LogP contribution in [0.25, 0.3) is 0 Å². The van der Waals surface area contributed by atoms with Gasteiger partial charge in [-0.25, -0.2) is 4.98 Å². The van der Waals surface area contributed by atoms with E-state index < -0.39 is 0 Å². The lowest BCUT2D eigenvalue weighted by Gasteiger charge is -2.41. The van der Waals surface area contributed by atoms with E-state index in [-0.39, 0.29) is 5.91 Å². The molecule has 4 heteroatoms. The van der Waals surface area contributed by atoms with Crippen molar-refractivity contribution >= 4 is 11.7 Å². The summed E-state index contributed by atoms with van der Waals surface area (Å²) in [6.45, 7) is 5.79. The maximum absolute atomic E-state index is 12.1. The lowest BCUT2D eigenvalue weighted by Crippen LogP contribution is -2.41. The predicted octanol–water partition coefficient (Wildman–Crippen LogP) is 2.82. The summed E-state index contributed by atoms with van der Waals surface area (Å²) in [5.74, 6) is 0.684. The Morgan fingerprint density at radius 2 is 2.16 bits per heavy atom. The van der Waals surface area contributed by atoms with Crippen molar-refractivity contribution in [1.82, 2.24) is 10.3 Å². The Kier molecular flexibility index (Phi) is 4.40. The summed E-state index contributed by atoms with van der Waals surface area (Å²) in [4.78, 5) is 16.4. The molecule has 0 saturated heterocycles. The summed E-state index contributed by atoms with van der Waals surface area (Å²) in [6.07, 6.45) is 4.89. The molecule has 19 heavy (non-hydrogen) atoms. The van der Waals surface area contributed by atoms with Gasteiger partial charge in [0, 0.05) is 13.1 Å². The molecule has 0 spiro atoms. The number of carbonyl (C=O) groups excluding carboxylic acids is 1. The van der Waals surface area contributed by atoms with Gasteiger partial charge in [0.25, 0.3) is 5.91 Å². The summed E-state index contributed by atoms with van der Waals surface area (Å²) in [6, 6.07) is 5.49. The first-order valence-electron chi connectivity index (χ1n) is 7.18. The van der Waals surface area contributed by atoms with Gasteiger partial charge in [0.1, 0.15) is 11.5 Å². The van der Waals surface area contributed by atoms with Crippen molar-refractivity contribution in [2.75, 3.05) is 18.4 Å². The first-order valence-corrected chi connectivity index (χ1v) is 7.18. The van der Waals surface area contributed by atoms with Gasteiger partial charge >= 0.3 is 0 Å². The van der Waals surface area contributed by atoms with E-state index in [9.17, 15) is 4.79 Å². The number of rotatable bonds is 6. The zero-order chi connectivity index (χ0) is 13.7.